The molecule has 0 unspecified atom stereocenters. The van der Waals surface area contributed by atoms with Gasteiger partial charge in [-0.15, -0.1) is 0 Å². The molecule has 0 heterocycles. The Morgan fingerprint density at radius 1 is 1.47 bits per heavy atom. The lowest BCUT2D eigenvalue weighted by molar-refractivity contribution is 0.0963. The van der Waals surface area contributed by atoms with Gasteiger partial charge < -0.3 is 4.74 Å². The number of rotatable bonds is 5. The number of halogens is 1. The number of Topliss-reactive ketones (excluding diaryl/α,β-unsaturated/α-hetero) is 1. The van der Waals surface area contributed by atoms with Crippen LogP contribution in [-0.4, -0.2) is 19.5 Å². The Labute approximate surface area is 98.8 Å². The topological polar surface area (TPSA) is 26.3 Å². The van der Waals surface area contributed by atoms with Crippen molar-refractivity contribution in [1.29, 1.82) is 0 Å². The lowest BCUT2D eigenvalue weighted by atomic mass is 10.0. The van der Waals surface area contributed by atoms with E-state index in [2.05, 4.69) is 15.9 Å². The summed E-state index contributed by atoms with van der Waals surface area (Å²) >= 11 is 3.41. The van der Waals surface area contributed by atoms with Crippen LogP contribution in [-0.2, 0) is 4.74 Å². The molecule has 2 nitrogen and oxygen atoms in total. The Kier molecular flexibility index (Phi) is 4.99. The zero-order valence-electron chi connectivity index (χ0n) is 9.05. The number of aryl methyl sites for hydroxylation is 1. The van der Waals surface area contributed by atoms with E-state index in [9.17, 15) is 4.79 Å². The van der Waals surface area contributed by atoms with Gasteiger partial charge in [0.1, 0.15) is 0 Å². The lowest BCUT2D eigenvalue weighted by Gasteiger charge is -2.03. The molecular weight excluding hydrogens is 256 g/mol. The first-order chi connectivity index (χ1) is 7.15. The molecule has 1 rings (SSSR count). The van der Waals surface area contributed by atoms with Crippen molar-refractivity contribution in [2.24, 2.45) is 0 Å². The van der Waals surface area contributed by atoms with Crippen LogP contribution in [0.15, 0.2) is 22.7 Å². The van der Waals surface area contributed by atoms with Crippen LogP contribution in [0.4, 0.5) is 0 Å². The minimum atomic E-state index is 0.183. The molecule has 1 aromatic rings. The monoisotopic (exact) mass is 270 g/mol. The van der Waals surface area contributed by atoms with Crippen molar-refractivity contribution in [2.75, 3.05) is 13.7 Å². The number of benzene rings is 1. The third kappa shape index (κ3) is 3.76. The van der Waals surface area contributed by atoms with E-state index in [4.69, 9.17) is 4.74 Å². The number of carbonyl (C=O) groups is 1. The Hall–Kier alpha value is -0.670. The van der Waals surface area contributed by atoms with Crippen molar-refractivity contribution < 1.29 is 9.53 Å². The van der Waals surface area contributed by atoms with Crippen LogP contribution in [0.2, 0.25) is 0 Å². The predicted molar refractivity (Wildman–Crippen MR) is 64.3 cm³/mol. The fourth-order valence-corrected chi connectivity index (χ4v) is 1.59. The molecule has 0 aliphatic carbocycles. The van der Waals surface area contributed by atoms with Crippen LogP contribution in [0.3, 0.4) is 0 Å². The molecule has 1 aromatic carbocycles. The van der Waals surface area contributed by atoms with Gasteiger partial charge in [-0.05, 0) is 31.0 Å². The van der Waals surface area contributed by atoms with E-state index in [1.54, 1.807) is 7.11 Å². The molecule has 0 saturated heterocycles. The van der Waals surface area contributed by atoms with Crippen molar-refractivity contribution in [3.8, 4) is 0 Å². The molecule has 15 heavy (non-hydrogen) atoms. The molecule has 0 fully saturated rings. The smallest absolute Gasteiger partial charge is 0.162 e. The summed E-state index contributed by atoms with van der Waals surface area (Å²) < 4.78 is 5.95. The first kappa shape index (κ1) is 12.4. The maximum Gasteiger partial charge on any atom is 0.162 e. The van der Waals surface area contributed by atoms with Crippen molar-refractivity contribution >= 4 is 21.7 Å². The molecule has 0 aliphatic heterocycles. The van der Waals surface area contributed by atoms with Gasteiger partial charge in [0.15, 0.2) is 5.78 Å². The van der Waals surface area contributed by atoms with E-state index < -0.39 is 0 Å². The Morgan fingerprint density at radius 2 is 2.20 bits per heavy atom. The third-order valence-electron chi connectivity index (χ3n) is 2.23. The molecule has 0 aliphatic rings. The molecular formula is C12H15BrO2. The van der Waals surface area contributed by atoms with Gasteiger partial charge >= 0.3 is 0 Å². The third-order valence-corrected chi connectivity index (χ3v) is 3.12. The second-order valence-corrected chi connectivity index (χ2v) is 4.34. The SMILES string of the molecule is COCCCC(=O)c1ccc(Br)c(C)c1. The van der Waals surface area contributed by atoms with E-state index in [0.29, 0.717) is 13.0 Å². The molecule has 0 aromatic heterocycles. The molecule has 0 saturated carbocycles. The highest BCUT2D eigenvalue weighted by Crippen LogP contribution is 2.18. The number of ketones is 1. The minimum absolute atomic E-state index is 0.183. The van der Waals surface area contributed by atoms with Gasteiger partial charge in [-0.25, -0.2) is 0 Å². The van der Waals surface area contributed by atoms with Gasteiger partial charge in [-0.2, -0.15) is 0 Å². The molecule has 0 radical (unpaired) electrons. The molecule has 0 amide bonds. The molecule has 3 heteroatoms. The highest BCUT2D eigenvalue weighted by molar-refractivity contribution is 9.10. The van der Waals surface area contributed by atoms with E-state index in [1.165, 1.54) is 0 Å². The standard InChI is InChI=1S/C12H15BrO2/c1-9-8-10(5-6-11(9)13)12(14)4-3-7-15-2/h5-6,8H,3-4,7H2,1-2H3. The van der Waals surface area contributed by atoms with Gasteiger partial charge in [0.05, 0.1) is 0 Å². The first-order valence-electron chi connectivity index (χ1n) is 4.93. The fourth-order valence-electron chi connectivity index (χ4n) is 1.34. The van der Waals surface area contributed by atoms with Crippen molar-refractivity contribution in [2.45, 2.75) is 19.8 Å². The summed E-state index contributed by atoms with van der Waals surface area (Å²) in [7, 11) is 1.65. The van der Waals surface area contributed by atoms with Crippen molar-refractivity contribution in [3.63, 3.8) is 0 Å². The molecule has 0 spiro atoms. The van der Waals surface area contributed by atoms with Gasteiger partial charge in [0.2, 0.25) is 0 Å². The van der Waals surface area contributed by atoms with E-state index in [-0.39, 0.29) is 5.78 Å². The van der Waals surface area contributed by atoms with Crippen LogP contribution in [0.5, 0.6) is 0 Å². The summed E-state index contributed by atoms with van der Waals surface area (Å²) in [4.78, 5) is 11.7. The van der Waals surface area contributed by atoms with Crippen LogP contribution in [0.1, 0.15) is 28.8 Å². The van der Waals surface area contributed by atoms with E-state index >= 15 is 0 Å². The van der Waals surface area contributed by atoms with Gasteiger partial charge in [-0.3, -0.25) is 4.79 Å². The Morgan fingerprint density at radius 3 is 2.80 bits per heavy atom. The Bertz CT molecular complexity index is 347. The van der Waals surface area contributed by atoms with Gasteiger partial charge in [-0.1, -0.05) is 22.0 Å². The van der Waals surface area contributed by atoms with Crippen molar-refractivity contribution in [1.82, 2.24) is 0 Å². The number of ether oxygens (including phenoxy) is 1. The summed E-state index contributed by atoms with van der Waals surface area (Å²) in [5.41, 5.74) is 1.87. The maximum atomic E-state index is 11.7. The molecule has 0 atom stereocenters. The highest BCUT2D eigenvalue weighted by atomic mass is 79.9. The van der Waals surface area contributed by atoms with Crippen LogP contribution in [0, 0.1) is 6.92 Å². The first-order valence-corrected chi connectivity index (χ1v) is 5.72. The van der Waals surface area contributed by atoms with Crippen LogP contribution >= 0.6 is 15.9 Å². The summed E-state index contributed by atoms with van der Waals surface area (Å²) in [5, 5.41) is 0. The number of carbonyl (C=O) groups excluding carboxylic acids is 1. The molecule has 0 bridgehead atoms. The second-order valence-electron chi connectivity index (χ2n) is 3.48. The van der Waals surface area contributed by atoms with E-state index in [0.717, 1.165) is 22.0 Å². The normalized spacial score (nSPS) is 10.3. The average molecular weight is 271 g/mol. The largest absolute Gasteiger partial charge is 0.385 e. The Balaban J connectivity index is 2.62. The van der Waals surface area contributed by atoms with Gasteiger partial charge in [0.25, 0.3) is 0 Å². The molecule has 82 valence electrons. The summed E-state index contributed by atoms with van der Waals surface area (Å²) in [5.74, 6) is 0.183. The zero-order valence-corrected chi connectivity index (χ0v) is 10.6. The quantitative estimate of drug-likeness (QED) is 0.606. The van der Waals surface area contributed by atoms with Gasteiger partial charge in [0, 0.05) is 30.2 Å². The second kappa shape index (κ2) is 6.03. The highest BCUT2D eigenvalue weighted by Gasteiger charge is 2.06. The van der Waals surface area contributed by atoms with Crippen molar-refractivity contribution in [3.05, 3.63) is 33.8 Å². The summed E-state index contributed by atoms with van der Waals surface area (Å²) in [6, 6.07) is 5.68. The lowest BCUT2D eigenvalue weighted by Crippen LogP contribution is -2.01. The minimum Gasteiger partial charge on any atom is -0.385 e. The van der Waals surface area contributed by atoms with E-state index in [1.807, 2.05) is 25.1 Å². The number of hydrogen-bond donors (Lipinski definition) is 0. The molecule has 0 N–H and O–H groups in total. The predicted octanol–water partition coefficient (Wildman–Crippen LogP) is 3.37. The summed E-state index contributed by atoms with van der Waals surface area (Å²) in [6.07, 6.45) is 1.33. The average Bonchev–Trinajstić information content (AvgIpc) is 2.22. The summed E-state index contributed by atoms with van der Waals surface area (Å²) in [6.45, 7) is 2.62. The fraction of sp³-hybridized carbons (Fsp3) is 0.417. The van der Waals surface area contributed by atoms with Crippen LogP contribution < -0.4 is 0 Å². The zero-order chi connectivity index (χ0) is 11.3. The maximum absolute atomic E-state index is 11.7. The number of methoxy groups -OCH3 is 1. The number of hydrogen-bond acceptors (Lipinski definition) is 2. The van der Waals surface area contributed by atoms with Crippen LogP contribution in [0.25, 0.3) is 0 Å².